The van der Waals surface area contributed by atoms with E-state index in [4.69, 9.17) is 5.73 Å². The molecule has 2 fully saturated rings. The van der Waals surface area contributed by atoms with Gasteiger partial charge in [0.05, 0.1) is 12.2 Å². The smallest absolute Gasteiger partial charge is 0.329 e. The van der Waals surface area contributed by atoms with Crippen molar-refractivity contribution < 1.29 is 9.59 Å². The second-order valence-corrected chi connectivity index (χ2v) is 6.60. The van der Waals surface area contributed by atoms with Gasteiger partial charge in [0.25, 0.3) is 5.91 Å². The Bertz CT molecular complexity index is 698. The van der Waals surface area contributed by atoms with E-state index in [2.05, 4.69) is 10.3 Å². The van der Waals surface area contributed by atoms with Crippen molar-refractivity contribution in [1.82, 2.24) is 10.2 Å². The largest absolute Gasteiger partial charge is 0.370 e. The number of nitrogens with zero attached hydrogens (tertiary/aromatic N) is 3. The van der Waals surface area contributed by atoms with Gasteiger partial charge in [-0.3, -0.25) is 4.79 Å². The number of carbonyl (C=O) groups is 2. The number of anilines is 1. The molecule has 0 atom stereocenters. The van der Waals surface area contributed by atoms with Crippen LogP contribution in [0.15, 0.2) is 29.3 Å². The van der Waals surface area contributed by atoms with Crippen molar-refractivity contribution in [2.24, 2.45) is 10.7 Å². The van der Waals surface area contributed by atoms with Crippen molar-refractivity contribution in [3.05, 3.63) is 29.8 Å². The number of benzene rings is 1. The number of carbonyl (C=O) groups excluding carboxylic acids is 2. The molecule has 3 amide bonds. The number of aliphatic imine (C=N–C) groups is 1. The van der Waals surface area contributed by atoms with Gasteiger partial charge in [-0.1, -0.05) is 25.0 Å². The van der Waals surface area contributed by atoms with Crippen LogP contribution in [-0.2, 0) is 11.3 Å². The minimum Gasteiger partial charge on any atom is -0.370 e. The summed E-state index contributed by atoms with van der Waals surface area (Å²) in [5, 5.41) is 2.90. The molecule has 0 aromatic heterocycles. The number of nitrogens with one attached hydrogen (secondary N) is 1. The van der Waals surface area contributed by atoms with Gasteiger partial charge >= 0.3 is 6.03 Å². The molecule has 2 aliphatic rings. The first kappa shape index (κ1) is 19.5. The number of halogens is 1. The Morgan fingerprint density at radius 1 is 1.32 bits per heavy atom. The number of imide groups is 1. The molecule has 1 aromatic rings. The zero-order valence-electron chi connectivity index (χ0n) is 14.5. The van der Waals surface area contributed by atoms with Gasteiger partial charge < -0.3 is 16.0 Å². The Morgan fingerprint density at radius 3 is 2.64 bits per heavy atom. The molecule has 1 heterocycles. The van der Waals surface area contributed by atoms with Crippen molar-refractivity contribution in [3.8, 4) is 0 Å². The van der Waals surface area contributed by atoms with Crippen LogP contribution in [0.25, 0.3) is 0 Å². The Morgan fingerprint density at radius 2 is 2.00 bits per heavy atom. The van der Waals surface area contributed by atoms with E-state index in [-0.39, 0.29) is 35.9 Å². The highest BCUT2D eigenvalue weighted by molar-refractivity contribution is 14.0. The highest BCUT2D eigenvalue weighted by atomic mass is 127. The first-order valence-electron chi connectivity index (χ1n) is 8.16. The monoisotopic (exact) mass is 457 g/mol. The molecule has 0 unspecified atom stereocenters. The van der Waals surface area contributed by atoms with Crippen LogP contribution in [0.2, 0.25) is 0 Å². The van der Waals surface area contributed by atoms with E-state index in [1.165, 1.54) is 4.90 Å². The molecule has 7 nitrogen and oxygen atoms in total. The molecule has 1 aliphatic heterocycles. The fourth-order valence-corrected chi connectivity index (χ4v) is 3.28. The Kier molecular flexibility index (Phi) is 5.91. The SMILES string of the molecule is CN(C)C(N)=NCc1cccc(N2C(=O)NC3(CCCC3)C2=O)c1.I. The van der Waals surface area contributed by atoms with E-state index in [0.717, 1.165) is 31.2 Å². The van der Waals surface area contributed by atoms with Crippen LogP contribution >= 0.6 is 24.0 Å². The highest BCUT2D eigenvalue weighted by Gasteiger charge is 2.52. The highest BCUT2D eigenvalue weighted by Crippen LogP contribution is 2.37. The van der Waals surface area contributed by atoms with Gasteiger partial charge in [0.2, 0.25) is 0 Å². The molecule has 1 spiro atoms. The summed E-state index contributed by atoms with van der Waals surface area (Å²) in [6, 6.07) is 6.98. The van der Waals surface area contributed by atoms with Crippen LogP contribution < -0.4 is 16.0 Å². The van der Waals surface area contributed by atoms with Gasteiger partial charge in [-0.15, -0.1) is 24.0 Å². The number of amides is 3. The third-order valence-corrected chi connectivity index (χ3v) is 4.67. The first-order valence-corrected chi connectivity index (χ1v) is 8.16. The van der Waals surface area contributed by atoms with Gasteiger partial charge in [0.1, 0.15) is 5.54 Å². The van der Waals surface area contributed by atoms with E-state index in [9.17, 15) is 9.59 Å². The second-order valence-electron chi connectivity index (χ2n) is 6.60. The zero-order valence-corrected chi connectivity index (χ0v) is 16.8. The molecule has 1 saturated heterocycles. The summed E-state index contributed by atoms with van der Waals surface area (Å²) in [5.74, 6) is 0.291. The molecule has 1 saturated carbocycles. The summed E-state index contributed by atoms with van der Waals surface area (Å²) < 4.78 is 0. The van der Waals surface area contributed by atoms with Crippen LogP contribution in [-0.4, -0.2) is 42.4 Å². The normalized spacial score (nSPS) is 19.1. The zero-order chi connectivity index (χ0) is 17.3. The van der Waals surface area contributed by atoms with Crippen LogP contribution in [0.1, 0.15) is 31.2 Å². The maximum Gasteiger partial charge on any atom is 0.329 e. The third kappa shape index (κ3) is 3.73. The molecule has 0 radical (unpaired) electrons. The van der Waals surface area contributed by atoms with Gasteiger partial charge in [-0.25, -0.2) is 14.7 Å². The molecule has 136 valence electrons. The van der Waals surface area contributed by atoms with Gasteiger partial charge in [-0.2, -0.15) is 0 Å². The van der Waals surface area contributed by atoms with Crippen molar-refractivity contribution in [3.63, 3.8) is 0 Å². The Labute approximate surface area is 164 Å². The van der Waals surface area contributed by atoms with Crippen molar-refractivity contribution in [2.75, 3.05) is 19.0 Å². The van der Waals surface area contributed by atoms with Gasteiger partial charge in [0, 0.05) is 14.1 Å². The summed E-state index contributed by atoms with van der Waals surface area (Å²) in [6.07, 6.45) is 3.38. The summed E-state index contributed by atoms with van der Waals surface area (Å²) >= 11 is 0. The third-order valence-electron chi connectivity index (χ3n) is 4.67. The molecular formula is C17H24IN5O2. The maximum absolute atomic E-state index is 12.8. The Balaban J connectivity index is 0.00000225. The number of nitrogens with two attached hydrogens (primary N) is 1. The summed E-state index contributed by atoms with van der Waals surface area (Å²) in [6.45, 7) is 0.395. The summed E-state index contributed by atoms with van der Waals surface area (Å²) in [5.41, 5.74) is 6.58. The van der Waals surface area contributed by atoms with Crippen LogP contribution in [0.5, 0.6) is 0 Å². The molecule has 25 heavy (non-hydrogen) atoms. The topological polar surface area (TPSA) is 91.0 Å². The molecule has 1 aliphatic carbocycles. The lowest BCUT2D eigenvalue weighted by molar-refractivity contribution is -0.121. The minimum atomic E-state index is -0.694. The van der Waals surface area contributed by atoms with E-state index in [0.29, 0.717) is 18.2 Å². The van der Waals surface area contributed by atoms with Gasteiger partial charge in [-0.05, 0) is 30.5 Å². The number of urea groups is 1. The van der Waals surface area contributed by atoms with Crippen LogP contribution in [0.4, 0.5) is 10.5 Å². The maximum atomic E-state index is 12.8. The second kappa shape index (κ2) is 7.59. The lowest BCUT2D eigenvalue weighted by Crippen LogP contribution is -2.44. The van der Waals surface area contributed by atoms with Crippen molar-refractivity contribution >= 4 is 47.6 Å². The number of guanidine groups is 1. The summed E-state index contributed by atoms with van der Waals surface area (Å²) in [7, 11) is 3.65. The summed E-state index contributed by atoms with van der Waals surface area (Å²) in [4.78, 5) is 32.4. The first-order chi connectivity index (χ1) is 11.4. The molecule has 0 bridgehead atoms. The lowest BCUT2D eigenvalue weighted by atomic mass is 9.98. The number of rotatable bonds is 3. The number of hydrogen-bond acceptors (Lipinski definition) is 3. The standard InChI is InChI=1S/C17H23N5O2.HI/c1-21(2)15(18)19-11-12-6-5-7-13(10-12)22-14(23)17(20-16(22)24)8-3-4-9-17;/h5-7,10H,3-4,8-9,11H2,1-2H3,(H2,18,19)(H,20,24);1H. The lowest BCUT2D eigenvalue weighted by Gasteiger charge is -2.20. The van der Waals surface area contributed by atoms with E-state index >= 15 is 0 Å². The predicted molar refractivity (Wildman–Crippen MR) is 108 cm³/mol. The Hall–Kier alpha value is -1.84. The predicted octanol–water partition coefficient (Wildman–Crippen LogP) is 2.05. The van der Waals surface area contributed by atoms with E-state index in [1.807, 2.05) is 32.3 Å². The van der Waals surface area contributed by atoms with Crippen molar-refractivity contribution in [2.45, 2.75) is 37.8 Å². The fourth-order valence-electron chi connectivity index (χ4n) is 3.28. The van der Waals surface area contributed by atoms with Crippen molar-refractivity contribution in [1.29, 1.82) is 0 Å². The molecular weight excluding hydrogens is 433 g/mol. The van der Waals surface area contributed by atoms with Gasteiger partial charge in [0.15, 0.2) is 5.96 Å². The molecule has 1 aromatic carbocycles. The molecule has 3 rings (SSSR count). The van der Waals surface area contributed by atoms with E-state index < -0.39 is 5.54 Å². The molecule has 3 N–H and O–H groups in total. The number of hydrogen-bond donors (Lipinski definition) is 2. The fraction of sp³-hybridized carbons (Fsp3) is 0.471. The average molecular weight is 457 g/mol. The minimum absolute atomic E-state index is 0. The molecule has 8 heteroatoms. The quantitative estimate of drug-likeness (QED) is 0.315. The van der Waals surface area contributed by atoms with E-state index in [1.54, 1.807) is 11.0 Å². The van der Waals surface area contributed by atoms with Crippen LogP contribution in [0, 0.1) is 0 Å². The van der Waals surface area contributed by atoms with Crippen LogP contribution in [0.3, 0.4) is 0 Å². The average Bonchev–Trinajstić information content (AvgIpc) is 3.11.